The molecular formula is C19H20N2OS3. The highest BCUT2D eigenvalue weighted by Crippen LogP contribution is 2.29. The Labute approximate surface area is 160 Å². The highest BCUT2D eigenvalue weighted by Gasteiger charge is 2.14. The summed E-state index contributed by atoms with van der Waals surface area (Å²) in [5.74, 6) is 0.0840. The number of amides is 1. The average molecular weight is 389 g/mol. The van der Waals surface area contributed by atoms with E-state index in [1.807, 2.05) is 44.2 Å². The number of benzene rings is 1. The van der Waals surface area contributed by atoms with E-state index < -0.39 is 0 Å². The van der Waals surface area contributed by atoms with Gasteiger partial charge in [-0.2, -0.15) is 0 Å². The van der Waals surface area contributed by atoms with E-state index in [1.54, 1.807) is 34.4 Å². The minimum Gasteiger partial charge on any atom is -0.355 e. The van der Waals surface area contributed by atoms with E-state index in [0.29, 0.717) is 6.54 Å². The molecule has 1 atom stereocenters. The smallest absolute Gasteiger partial charge is 0.233 e. The molecule has 130 valence electrons. The second-order valence-corrected chi connectivity index (χ2v) is 9.28. The maximum atomic E-state index is 12.2. The molecule has 2 aromatic heterocycles. The third kappa shape index (κ3) is 5.17. The Bertz CT molecular complexity index is 826. The lowest BCUT2D eigenvalue weighted by molar-refractivity contribution is -0.120. The average Bonchev–Trinajstić information content (AvgIpc) is 3.24. The van der Waals surface area contributed by atoms with E-state index in [9.17, 15) is 4.79 Å². The number of aryl methyl sites for hydroxylation is 1. The van der Waals surface area contributed by atoms with Crippen molar-refractivity contribution in [2.45, 2.75) is 30.4 Å². The molecule has 1 N–H and O–H groups in total. The van der Waals surface area contributed by atoms with Crippen molar-refractivity contribution in [1.82, 2.24) is 10.3 Å². The van der Waals surface area contributed by atoms with Crippen molar-refractivity contribution in [2.75, 3.05) is 6.54 Å². The fraction of sp³-hybridized carbons (Fsp3) is 0.263. The van der Waals surface area contributed by atoms with Crippen LogP contribution in [-0.4, -0.2) is 22.7 Å². The van der Waals surface area contributed by atoms with Gasteiger partial charge in [-0.1, -0.05) is 18.2 Å². The number of carbonyl (C=O) groups excluding carboxylic acids is 1. The first-order valence-electron chi connectivity index (χ1n) is 8.12. The van der Waals surface area contributed by atoms with Gasteiger partial charge in [0.1, 0.15) is 0 Å². The normalized spacial score (nSPS) is 12.1. The van der Waals surface area contributed by atoms with Gasteiger partial charge in [-0.25, -0.2) is 4.98 Å². The molecule has 3 nitrogen and oxygen atoms in total. The summed E-state index contributed by atoms with van der Waals surface area (Å²) in [6.45, 7) is 4.63. The van der Waals surface area contributed by atoms with E-state index in [0.717, 1.165) is 22.0 Å². The molecule has 0 saturated heterocycles. The van der Waals surface area contributed by atoms with Crippen LogP contribution < -0.4 is 5.32 Å². The molecule has 0 saturated carbocycles. The summed E-state index contributed by atoms with van der Waals surface area (Å²) in [7, 11) is 0. The van der Waals surface area contributed by atoms with Crippen LogP contribution in [-0.2, 0) is 11.2 Å². The van der Waals surface area contributed by atoms with Crippen molar-refractivity contribution in [3.05, 3.63) is 57.7 Å². The lowest BCUT2D eigenvalue weighted by atomic mass is 10.3. The molecule has 0 fully saturated rings. The van der Waals surface area contributed by atoms with Crippen molar-refractivity contribution in [3.8, 4) is 10.6 Å². The first-order chi connectivity index (χ1) is 12.1. The summed E-state index contributed by atoms with van der Waals surface area (Å²) in [5.41, 5.74) is 1.05. The first kappa shape index (κ1) is 18.2. The van der Waals surface area contributed by atoms with Crippen LogP contribution in [0, 0.1) is 6.92 Å². The predicted molar refractivity (Wildman–Crippen MR) is 109 cm³/mol. The second kappa shape index (κ2) is 8.65. The number of thiazole rings is 1. The van der Waals surface area contributed by atoms with E-state index in [4.69, 9.17) is 0 Å². The standard InChI is InChI=1S/C19H20N2OS3/c1-13(24-15-6-4-3-5-7-15)19(22)20-11-10-16-8-9-18(25-16)17-12-23-14(2)21-17/h3-9,12-13H,10-11H2,1-2H3,(H,20,22). The monoisotopic (exact) mass is 388 g/mol. The third-order valence-electron chi connectivity index (χ3n) is 3.63. The number of carbonyl (C=O) groups is 1. The van der Waals surface area contributed by atoms with Crippen molar-refractivity contribution >= 4 is 40.3 Å². The van der Waals surface area contributed by atoms with E-state index in [2.05, 4.69) is 27.8 Å². The van der Waals surface area contributed by atoms with Crippen LogP contribution in [0.25, 0.3) is 10.6 Å². The Hall–Kier alpha value is -1.63. The third-order valence-corrected chi connectivity index (χ3v) is 6.68. The van der Waals surface area contributed by atoms with Gasteiger partial charge in [0, 0.05) is 21.7 Å². The molecule has 1 unspecified atom stereocenters. The van der Waals surface area contributed by atoms with Crippen LogP contribution in [0.5, 0.6) is 0 Å². The van der Waals surface area contributed by atoms with Crippen molar-refractivity contribution in [1.29, 1.82) is 0 Å². The molecule has 0 bridgehead atoms. The fourth-order valence-corrected chi connectivity index (χ4v) is 4.90. The van der Waals surface area contributed by atoms with Gasteiger partial charge in [-0.3, -0.25) is 4.79 Å². The quantitative estimate of drug-likeness (QED) is 0.578. The number of thiophene rings is 1. The number of aromatic nitrogens is 1. The second-order valence-electron chi connectivity index (χ2n) is 5.63. The zero-order valence-electron chi connectivity index (χ0n) is 14.2. The van der Waals surface area contributed by atoms with Crippen LogP contribution in [0.4, 0.5) is 0 Å². The lowest BCUT2D eigenvalue weighted by Gasteiger charge is -2.11. The SMILES string of the molecule is Cc1nc(-c2ccc(CCNC(=O)C(C)Sc3ccccc3)s2)cs1. The molecule has 0 spiro atoms. The Balaban J connectivity index is 1.46. The van der Waals surface area contributed by atoms with Crippen molar-refractivity contribution < 1.29 is 4.79 Å². The minimum atomic E-state index is -0.0979. The lowest BCUT2D eigenvalue weighted by Crippen LogP contribution is -2.32. The summed E-state index contributed by atoms with van der Waals surface area (Å²) >= 11 is 5.01. The maximum Gasteiger partial charge on any atom is 0.233 e. The van der Waals surface area contributed by atoms with Gasteiger partial charge in [-0.15, -0.1) is 34.4 Å². The van der Waals surface area contributed by atoms with Crippen LogP contribution in [0.15, 0.2) is 52.7 Å². The van der Waals surface area contributed by atoms with E-state index in [-0.39, 0.29) is 11.2 Å². The summed E-state index contributed by atoms with van der Waals surface area (Å²) in [6, 6.07) is 14.3. The van der Waals surface area contributed by atoms with Gasteiger partial charge in [0.05, 0.1) is 20.8 Å². The van der Waals surface area contributed by atoms with Gasteiger partial charge < -0.3 is 5.32 Å². The molecule has 0 radical (unpaired) electrons. The largest absolute Gasteiger partial charge is 0.355 e. The summed E-state index contributed by atoms with van der Waals surface area (Å²) < 4.78 is 0. The summed E-state index contributed by atoms with van der Waals surface area (Å²) in [6.07, 6.45) is 0.849. The number of thioether (sulfide) groups is 1. The number of nitrogens with one attached hydrogen (secondary N) is 1. The van der Waals surface area contributed by atoms with Gasteiger partial charge >= 0.3 is 0 Å². The van der Waals surface area contributed by atoms with Crippen LogP contribution in [0.3, 0.4) is 0 Å². The molecule has 0 aliphatic carbocycles. The fourth-order valence-electron chi connectivity index (χ4n) is 2.34. The zero-order valence-corrected chi connectivity index (χ0v) is 16.6. The Morgan fingerprint density at radius 1 is 1.24 bits per heavy atom. The zero-order chi connectivity index (χ0) is 17.6. The highest BCUT2D eigenvalue weighted by molar-refractivity contribution is 8.00. The van der Waals surface area contributed by atoms with E-state index >= 15 is 0 Å². The summed E-state index contributed by atoms with van der Waals surface area (Å²) in [4.78, 5) is 20.3. The minimum absolute atomic E-state index is 0.0840. The molecule has 1 aromatic carbocycles. The van der Waals surface area contributed by atoms with Gasteiger partial charge in [0.15, 0.2) is 0 Å². The molecule has 3 rings (SSSR count). The molecule has 2 heterocycles. The molecule has 0 aliphatic heterocycles. The molecule has 6 heteroatoms. The molecule has 1 amide bonds. The molecule has 3 aromatic rings. The van der Waals surface area contributed by atoms with Crippen LogP contribution >= 0.6 is 34.4 Å². The molecular weight excluding hydrogens is 368 g/mol. The number of hydrogen-bond donors (Lipinski definition) is 1. The Kier molecular flexibility index (Phi) is 6.29. The molecule has 25 heavy (non-hydrogen) atoms. The maximum absolute atomic E-state index is 12.2. The predicted octanol–water partition coefficient (Wildman–Crippen LogP) is 5.02. The number of hydrogen-bond acceptors (Lipinski definition) is 5. The van der Waals surface area contributed by atoms with E-state index in [1.165, 1.54) is 9.75 Å². The Morgan fingerprint density at radius 3 is 2.76 bits per heavy atom. The molecule has 0 aliphatic rings. The number of nitrogens with zero attached hydrogens (tertiary/aromatic N) is 1. The van der Waals surface area contributed by atoms with Crippen molar-refractivity contribution in [3.63, 3.8) is 0 Å². The van der Waals surface area contributed by atoms with Crippen molar-refractivity contribution in [2.24, 2.45) is 0 Å². The first-order valence-corrected chi connectivity index (χ1v) is 10.7. The van der Waals surface area contributed by atoms with Gasteiger partial charge in [0.2, 0.25) is 5.91 Å². The number of rotatable bonds is 7. The summed E-state index contributed by atoms with van der Waals surface area (Å²) in [5, 5.41) is 6.12. The highest BCUT2D eigenvalue weighted by atomic mass is 32.2. The van der Waals surface area contributed by atoms with Crippen LogP contribution in [0.1, 0.15) is 16.8 Å². The van der Waals surface area contributed by atoms with Gasteiger partial charge in [0.25, 0.3) is 0 Å². The Morgan fingerprint density at radius 2 is 2.04 bits per heavy atom. The topological polar surface area (TPSA) is 42.0 Å². The van der Waals surface area contributed by atoms with Gasteiger partial charge in [-0.05, 0) is 44.5 Å². The van der Waals surface area contributed by atoms with Crippen LogP contribution in [0.2, 0.25) is 0 Å².